The number of hydrogen-bond acceptors (Lipinski definition) is 1. The van der Waals surface area contributed by atoms with Crippen LogP contribution in [0.1, 0.15) is 6.92 Å². The van der Waals surface area contributed by atoms with Gasteiger partial charge in [-0.05, 0) is 6.92 Å². The van der Waals surface area contributed by atoms with E-state index in [-0.39, 0.29) is 0 Å². The highest BCUT2D eigenvalue weighted by atomic mass is 19.4. The Balaban J connectivity index is 4.47. The minimum absolute atomic E-state index is 0.610. The van der Waals surface area contributed by atoms with Gasteiger partial charge in [-0.3, -0.25) is 0 Å². The van der Waals surface area contributed by atoms with Crippen molar-refractivity contribution in [2.45, 2.75) is 13.1 Å². The van der Waals surface area contributed by atoms with Crippen molar-refractivity contribution in [3.05, 3.63) is 11.6 Å². The minimum Gasteiger partial charge on any atom is -0.474 e. The van der Waals surface area contributed by atoms with Crippen molar-refractivity contribution in [3.8, 4) is 0 Å². The molecule has 0 aliphatic heterocycles. The topological polar surface area (TPSA) is 9.23 Å². The number of hydrogen-bond donors (Lipinski definition) is 0. The van der Waals surface area contributed by atoms with Gasteiger partial charge >= 0.3 is 6.18 Å². The Labute approximate surface area is 55.3 Å². The quantitative estimate of drug-likeness (QED) is 0.420. The SMILES string of the molecule is CO/C(F)=C(/C)C(F)(F)F. The predicted octanol–water partition coefficient (Wildman–Crippen LogP) is 2.40. The summed E-state index contributed by atoms with van der Waals surface area (Å²) < 4.78 is 50.2. The van der Waals surface area contributed by atoms with Crippen LogP contribution in [0.3, 0.4) is 0 Å². The molecule has 60 valence electrons. The van der Waals surface area contributed by atoms with Crippen LogP contribution in [0.4, 0.5) is 17.6 Å². The number of alkyl halides is 3. The number of ether oxygens (including phenoxy) is 1. The van der Waals surface area contributed by atoms with Crippen LogP contribution in [0.25, 0.3) is 0 Å². The van der Waals surface area contributed by atoms with E-state index >= 15 is 0 Å². The Morgan fingerprint density at radius 3 is 1.80 bits per heavy atom. The number of methoxy groups -OCH3 is 1. The van der Waals surface area contributed by atoms with E-state index in [4.69, 9.17) is 0 Å². The Morgan fingerprint density at radius 2 is 1.70 bits per heavy atom. The third-order valence-corrected chi connectivity index (χ3v) is 0.899. The summed E-state index contributed by atoms with van der Waals surface area (Å²) in [5, 5.41) is 0. The lowest BCUT2D eigenvalue weighted by Crippen LogP contribution is -2.10. The monoisotopic (exact) mass is 158 g/mol. The van der Waals surface area contributed by atoms with Crippen LogP contribution in [0.15, 0.2) is 11.6 Å². The molecule has 0 bridgehead atoms. The van der Waals surface area contributed by atoms with Crippen molar-refractivity contribution in [2.24, 2.45) is 0 Å². The van der Waals surface area contributed by atoms with Gasteiger partial charge in [0.15, 0.2) is 0 Å². The Morgan fingerprint density at radius 1 is 1.30 bits per heavy atom. The number of allylic oxidation sites excluding steroid dienone is 1. The Bertz CT molecular complexity index is 146. The lowest BCUT2D eigenvalue weighted by atomic mass is 10.3. The highest BCUT2D eigenvalue weighted by Crippen LogP contribution is 2.27. The zero-order chi connectivity index (χ0) is 8.36. The fourth-order valence-electron chi connectivity index (χ4n) is 0.265. The summed E-state index contributed by atoms with van der Waals surface area (Å²) in [5.41, 5.74) is -1.35. The maximum absolute atomic E-state index is 12.0. The van der Waals surface area contributed by atoms with E-state index in [9.17, 15) is 17.6 Å². The first-order valence-electron chi connectivity index (χ1n) is 2.37. The van der Waals surface area contributed by atoms with Gasteiger partial charge in [-0.1, -0.05) is 0 Å². The van der Waals surface area contributed by atoms with Gasteiger partial charge in [0, 0.05) is 0 Å². The highest BCUT2D eigenvalue weighted by molar-refractivity contribution is 5.05. The fraction of sp³-hybridized carbons (Fsp3) is 0.600. The molecule has 0 aromatic heterocycles. The molecule has 1 nitrogen and oxygen atoms in total. The number of rotatable bonds is 1. The van der Waals surface area contributed by atoms with Crippen LogP contribution in [-0.2, 0) is 4.74 Å². The molecule has 0 saturated carbocycles. The summed E-state index contributed by atoms with van der Waals surface area (Å²) in [6, 6.07) is -1.59. The molecule has 0 amide bonds. The largest absolute Gasteiger partial charge is 0.474 e. The molecule has 0 rings (SSSR count). The van der Waals surface area contributed by atoms with Crippen LogP contribution in [0, 0.1) is 0 Å². The van der Waals surface area contributed by atoms with Gasteiger partial charge in [0.1, 0.15) is 5.57 Å². The second-order valence-corrected chi connectivity index (χ2v) is 1.60. The molecule has 0 aromatic rings. The van der Waals surface area contributed by atoms with Gasteiger partial charge in [-0.25, -0.2) is 0 Å². The van der Waals surface area contributed by atoms with Crippen molar-refractivity contribution in [1.82, 2.24) is 0 Å². The summed E-state index contributed by atoms with van der Waals surface area (Å²) in [7, 11) is 0.838. The van der Waals surface area contributed by atoms with Gasteiger partial charge < -0.3 is 4.74 Å². The lowest BCUT2D eigenvalue weighted by molar-refractivity contribution is -0.0969. The first-order chi connectivity index (χ1) is 4.39. The molecular formula is C5H6F4O. The van der Waals surface area contributed by atoms with E-state index in [0.717, 1.165) is 7.11 Å². The third-order valence-electron chi connectivity index (χ3n) is 0.899. The van der Waals surface area contributed by atoms with Crippen LogP contribution < -0.4 is 0 Å². The molecule has 0 atom stereocenters. The second kappa shape index (κ2) is 2.90. The van der Waals surface area contributed by atoms with E-state index < -0.39 is 17.8 Å². The first kappa shape index (κ1) is 9.26. The molecule has 5 heteroatoms. The van der Waals surface area contributed by atoms with Crippen LogP contribution in [-0.4, -0.2) is 13.3 Å². The fourth-order valence-corrected chi connectivity index (χ4v) is 0.265. The predicted molar refractivity (Wildman–Crippen MR) is 26.9 cm³/mol. The standard InChI is InChI=1S/C5H6F4O/c1-3(4(6)10-2)5(7,8)9/h1-2H3/b4-3-. The third kappa shape index (κ3) is 2.24. The van der Waals surface area contributed by atoms with Crippen LogP contribution >= 0.6 is 0 Å². The summed E-state index contributed by atoms with van der Waals surface area (Å²) in [4.78, 5) is 0. The van der Waals surface area contributed by atoms with Crippen LogP contribution in [0.2, 0.25) is 0 Å². The van der Waals surface area contributed by atoms with Gasteiger partial charge in [0.2, 0.25) is 0 Å². The van der Waals surface area contributed by atoms with Crippen molar-refractivity contribution in [1.29, 1.82) is 0 Å². The average Bonchev–Trinajstić information content (AvgIpc) is 1.83. The lowest BCUT2D eigenvalue weighted by Gasteiger charge is -2.06. The van der Waals surface area contributed by atoms with Crippen molar-refractivity contribution in [2.75, 3.05) is 7.11 Å². The maximum atomic E-state index is 12.0. The van der Waals surface area contributed by atoms with Crippen molar-refractivity contribution in [3.63, 3.8) is 0 Å². The van der Waals surface area contributed by atoms with E-state index in [1.54, 1.807) is 0 Å². The van der Waals surface area contributed by atoms with Gasteiger partial charge in [-0.2, -0.15) is 17.6 Å². The average molecular weight is 158 g/mol. The molecule has 0 heterocycles. The molecule has 0 unspecified atom stereocenters. The molecule has 0 aromatic carbocycles. The molecule has 0 aliphatic carbocycles. The molecule has 10 heavy (non-hydrogen) atoms. The van der Waals surface area contributed by atoms with Gasteiger partial charge in [0.25, 0.3) is 6.01 Å². The molecule has 0 N–H and O–H groups in total. The van der Waals surface area contributed by atoms with E-state index in [2.05, 4.69) is 4.74 Å². The maximum Gasteiger partial charge on any atom is 0.418 e. The zero-order valence-electron chi connectivity index (χ0n) is 5.42. The number of halogens is 4. The molecular weight excluding hydrogens is 152 g/mol. The first-order valence-corrected chi connectivity index (χ1v) is 2.37. The zero-order valence-corrected chi connectivity index (χ0v) is 5.42. The van der Waals surface area contributed by atoms with Gasteiger partial charge in [0.05, 0.1) is 7.11 Å². The van der Waals surface area contributed by atoms with E-state index in [1.165, 1.54) is 0 Å². The molecule has 0 radical (unpaired) electrons. The molecule has 0 saturated heterocycles. The van der Waals surface area contributed by atoms with Crippen LogP contribution in [0.5, 0.6) is 0 Å². The molecule has 0 spiro atoms. The molecule has 0 fully saturated rings. The van der Waals surface area contributed by atoms with E-state index in [1.807, 2.05) is 0 Å². The normalized spacial score (nSPS) is 14.6. The summed E-state index contributed by atoms with van der Waals surface area (Å²) in [5.74, 6) is 0. The second-order valence-electron chi connectivity index (χ2n) is 1.60. The van der Waals surface area contributed by atoms with Crippen molar-refractivity contribution >= 4 is 0 Å². The van der Waals surface area contributed by atoms with E-state index in [0.29, 0.717) is 6.92 Å². The van der Waals surface area contributed by atoms with Crippen molar-refractivity contribution < 1.29 is 22.3 Å². The molecule has 0 aliphatic rings. The minimum atomic E-state index is -4.64. The van der Waals surface area contributed by atoms with Gasteiger partial charge in [-0.15, -0.1) is 0 Å². The smallest absolute Gasteiger partial charge is 0.418 e. The summed E-state index contributed by atoms with van der Waals surface area (Å²) in [6.07, 6.45) is -4.64. The highest BCUT2D eigenvalue weighted by Gasteiger charge is 2.34. The Hall–Kier alpha value is -0.740. The summed E-state index contributed by atoms with van der Waals surface area (Å²) in [6.45, 7) is 0.610. The summed E-state index contributed by atoms with van der Waals surface area (Å²) >= 11 is 0. The Kier molecular flexibility index (Phi) is 2.68.